The number of benzene rings is 1. The summed E-state index contributed by atoms with van der Waals surface area (Å²) in [5.41, 5.74) is 0.669. The molecule has 0 bridgehead atoms. The molecular weight excluding hydrogens is 236 g/mol. The van der Waals surface area contributed by atoms with Gasteiger partial charge in [-0.25, -0.2) is 4.39 Å². The summed E-state index contributed by atoms with van der Waals surface area (Å²) in [7, 11) is 0. The van der Waals surface area contributed by atoms with E-state index < -0.39 is 11.6 Å². The van der Waals surface area contributed by atoms with Crippen LogP contribution in [0.15, 0.2) is 12.1 Å². The second-order valence-corrected chi connectivity index (χ2v) is 4.92. The summed E-state index contributed by atoms with van der Waals surface area (Å²) in [5.74, 6) is -1.69. The Kier molecular flexibility index (Phi) is 4.04. The third-order valence-electron chi connectivity index (χ3n) is 3.08. The van der Waals surface area contributed by atoms with Crippen molar-refractivity contribution in [1.82, 2.24) is 0 Å². The summed E-state index contributed by atoms with van der Waals surface area (Å²) in [4.78, 5) is 2.07. The van der Waals surface area contributed by atoms with Crippen LogP contribution in [0.2, 0.25) is 0 Å². The molecule has 0 radical (unpaired) electrons. The summed E-state index contributed by atoms with van der Waals surface area (Å²) in [6.45, 7) is 5.37. The molecule has 1 heterocycles. The van der Waals surface area contributed by atoms with E-state index in [9.17, 15) is 8.78 Å². The van der Waals surface area contributed by atoms with E-state index in [1.165, 1.54) is 12.5 Å². The first-order chi connectivity index (χ1) is 8.59. The molecular formula is C14H19F2NO. The first-order valence-corrected chi connectivity index (χ1v) is 6.49. The summed E-state index contributed by atoms with van der Waals surface area (Å²) in [6, 6.07) is 2.79. The average molecular weight is 255 g/mol. The molecule has 0 saturated carbocycles. The standard InChI is InChI=1S/C14H19F2NO/c1-10(2)18-14-12(7-6-11(15)13(14)16)17-8-4-3-5-9-17/h6-7,10H,3-5,8-9H2,1-2H3. The van der Waals surface area contributed by atoms with Gasteiger partial charge in [-0.05, 0) is 45.2 Å². The minimum Gasteiger partial charge on any atom is -0.486 e. The van der Waals surface area contributed by atoms with Gasteiger partial charge in [0.05, 0.1) is 11.8 Å². The Hall–Kier alpha value is -1.32. The fraction of sp³-hybridized carbons (Fsp3) is 0.571. The maximum atomic E-state index is 13.9. The van der Waals surface area contributed by atoms with Gasteiger partial charge in [0.25, 0.3) is 0 Å². The second-order valence-electron chi connectivity index (χ2n) is 4.92. The molecule has 2 rings (SSSR count). The molecule has 2 nitrogen and oxygen atoms in total. The Morgan fingerprint density at radius 1 is 1.11 bits per heavy atom. The van der Waals surface area contributed by atoms with Gasteiger partial charge in [0.2, 0.25) is 5.82 Å². The highest BCUT2D eigenvalue weighted by molar-refractivity contribution is 5.59. The number of hydrogen-bond donors (Lipinski definition) is 0. The van der Waals surface area contributed by atoms with Gasteiger partial charge in [-0.2, -0.15) is 4.39 Å². The summed E-state index contributed by atoms with van der Waals surface area (Å²) >= 11 is 0. The van der Waals surface area contributed by atoms with E-state index in [4.69, 9.17) is 4.74 Å². The number of halogens is 2. The highest BCUT2D eigenvalue weighted by atomic mass is 19.2. The quantitative estimate of drug-likeness (QED) is 0.815. The Bertz CT molecular complexity index is 415. The van der Waals surface area contributed by atoms with Gasteiger partial charge in [-0.3, -0.25) is 0 Å². The van der Waals surface area contributed by atoms with Crippen LogP contribution in [0.4, 0.5) is 14.5 Å². The lowest BCUT2D eigenvalue weighted by molar-refractivity contribution is 0.228. The molecule has 100 valence electrons. The van der Waals surface area contributed by atoms with Crippen LogP contribution >= 0.6 is 0 Å². The van der Waals surface area contributed by atoms with Gasteiger partial charge in [-0.1, -0.05) is 0 Å². The summed E-state index contributed by atoms with van der Waals surface area (Å²) in [5, 5.41) is 0. The summed E-state index contributed by atoms with van der Waals surface area (Å²) in [6.07, 6.45) is 3.19. The Morgan fingerprint density at radius 2 is 1.78 bits per heavy atom. The van der Waals surface area contributed by atoms with Gasteiger partial charge in [0, 0.05) is 13.1 Å². The zero-order chi connectivity index (χ0) is 13.1. The van der Waals surface area contributed by atoms with E-state index in [1.807, 2.05) is 13.8 Å². The van der Waals surface area contributed by atoms with Crippen LogP contribution in [0.5, 0.6) is 5.75 Å². The van der Waals surface area contributed by atoms with Gasteiger partial charge >= 0.3 is 0 Å². The van der Waals surface area contributed by atoms with Crippen molar-refractivity contribution in [2.24, 2.45) is 0 Å². The molecule has 1 aromatic rings. The van der Waals surface area contributed by atoms with Crippen molar-refractivity contribution in [3.05, 3.63) is 23.8 Å². The van der Waals surface area contributed by atoms with Crippen LogP contribution in [-0.4, -0.2) is 19.2 Å². The van der Waals surface area contributed by atoms with E-state index in [0.717, 1.165) is 25.9 Å². The molecule has 0 spiro atoms. The van der Waals surface area contributed by atoms with E-state index >= 15 is 0 Å². The van der Waals surface area contributed by atoms with Crippen molar-refractivity contribution >= 4 is 5.69 Å². The zero-order valence-corrected chi connectivity index (χ0v) is 10.9. The molecule has 0 atom stereocenters. The molecule has 1 fully saturated rings. The van der Waals surface area contributed by atoms with Crippen LogP contribution in [0.1, 0.15) is 33.1 Å². The monoisotopic (exact) mass is 255 g/mol. The van der Waals surface area contributed by atoms with Gasteiger partial charge in [-0.15, -0.1) is 0 Å². The fourth-order valence-corrected chi connectivity index (χ4v) is 2.25. The average Bonchev–Trinajstić information content (AvgIpc) is 2.36. The summed E-state index contributed by atoms with van der Waals surface area (Å²) < 4.78 is 32.6. The number of piperidine rings is 1. The number of nitrogens with zero attached hydrogens (tertiary/aromatic N) is 1. The van der Waals surface area contributed by atoms with E-state index in [-0.39, 0.29) is 11.9 Å². The maximum absolute atomic E-state index is 13.9. The van der Waals surface area contributed by atoms with Crippen LogP contribution in [0.3, 0.4) is 0 Å². The van der Waals surface area contributed by atoms with Gasteiger partial charge in [0.15, 0.2) is 11.6 Å². The molecule has 0 unspecified atom stereocenters. The number of ether oxygens (including phenoxy) is 1. The predicted molar refractivity (Wildman–Crippen MR) is 68.2 cm³/mol. The molecule has 0 aliphatic carbocycles. The molecule has 18 heavy (non-hydrogen) atoms. The molecule has 1 saturated heterocycles. The molecule has 0 N–H and O–H groups in total. The van der Waals surface area contributed by atoms with Crippen molar-refractivity contribution in [2.75, 3.05) is 18.0 Å². The van der Waals surface area contributed by atoms with Crippen LogP contribution in [0.25, 0.3) is 0 Å². The van der Waals surface area contributed by atoms with Crippen molar-refractivity contribution < 1.29 is 13.5 Å². The van der Waals surface area contributed by atoms with Gasteiger partial charge < -0.3 is 9.64 Å². The molecule has 4 heteroatoms. The maximum Gasteiger partial charge on any atom is 0.202 e. The lowest BCUT2D eigenvalue weighted by Crippen LogP contribution is -2.30. The Labute approximate surface area is 107 Å². The van der Waals surface area contributed by atoms with E-state index in [1.54, 1.807) is 6.07 Å². The normalized spacial score (nSPS) is 16.2. The molecule has 0 aromatic heterocycles. The zero-order valence-electron chi connectivity index (χ0n) is 10.9. The highest BCUT2D eigenvalue weighted by Gasteiger charge is 2.21. The second kappa shape index (κ2) is 5.55. The topological polar surface area (TPSA) is 12.5 Å². The number of anilines is 1. The molecule has 0 amide bonds. The lowest BCUT2D eigenvalue weighted by atomic mass is 10.1. The molecule has 1 aliphatic heterocycles. The third kappa shape index (κ3) is 2.74. The smallest absolute Gasteiger partial charge is 0.202 e. The van der Waals surface area contributed by atoms with E-state index in [2.05, 4.69) is 4.90 Å². The minimum absolute atomic E-state index is 0.0481. The van der Waals surface area contributed by atoms with Crippen LogP contribution in [-0.2, 0) is 0 Å². The third-order valence-corrected chi connectivity index (χ3v) is 3.08. The van der Waals surface area contributed by atoms with E-state index in [0.29, 0.717) is 5.69 Å². The van der Waals surface area contributed by atoms with Crippen molar-refractivity contribution in [2.45, 2.75) is 39.2 Å². The van der Waals surface area contributed by atoms with Crippen LogP contribution in [0, 0.1) is 11.6 Å². The minimum atomic E-state index is -0.883. The van der Waals surface area contributed by atoms with Crippen molar-refractivity contribution in [3.8, 4) is 5.75 Å². The molecule has 1 aliphatic rings. The van der Waals surface area contributed by atoms with Crippen molar-refractivity contribution in [3.63, 3.8) is 0 Å². The Morgan fingerprint density at radius 3 is 2.39 bits per heavy atom. The van der Waals surface area contributed by atoms with Crippen LogP contribution < -0.4 is 9.64 Å². The van der Waals surface area contributed by atoms with Gasteiger partial charge in [0.1, 0.15) is 0 Å². The van der Waals surface area contributed by atoms with Crippen molar-refractivity contribution in [1.29, 1.82) is 0 Å². The predicted octanol–water partition coefficient (Wildman–Crippen LogP) is 3.74. The largest absolute Gasteiger partial charge is 0.486 e. The highest BCUT2D eigenvalue weighted by Crippen LogP contribution is 2.35. The fourth-order valence-electron chi connectivity index (χ4n) is 2.25. The number of rotatable bonds is 3. The number of hydrogen-bond acceptors (Lipinski definition) is 2. The first kappa shape index (κ1) is 13.1. The first-order valence-electron chi connectivity index (χ1n) is 6.49. The SMILES string of the molecule is CC(C)Oc1c(N2CCCCC2)ccc(F)c1F. The molecule has 1 aromatic carbocycles. The lowest BCUT2D eigenvalue weighted by Gasteiger charge is -2.30. The Balaban J connectivity index is 2.35.